The van der Waals surface area contributed by atoms with Crippen LogP contribution in [0.25, 0.3) is 0 Å². The molecule has 0 heterocycles. The Labute approximate surface area is 89.0 Å². The van der Waals surface area contributed by atoms with Gasteiger partial charge in [0.25, 0.3) is 0 Å². The summed E-state index contributed by atoms with van der Waals surface area (Å²) in [5, 5.41) is 0. The second-order valence-electron chi connectivity index (χ2n) is 3.76. The molecule has 3 nitrogen and oxygen atoms in total. The SMILES string of the molecule is COCOc1ccc([C@H]2C[C@@H]2C=O)cc1. The lowest BCUT2D eigenvalue weighted by molar-refractivity contribution is -0.108. The second-order valence-corrected chi connectivity index (χ2v) is 3.76. The van der Waals surface area contributed by atoms with Gasteiger partial charge in [-0.3, -0.25) is 0 Å². The zero-order valence-electron chi connectivity index (χ0n) is 8.68. The quantitative estimate of drug-likeness (QED) is 0.545. The van der Waals surface area contributed by atoms with Crippen molar-refractivity contribution in [3.63, 3.8) is 0 Å². The molecule has 0 bridgehead atoms. The zero-order valence-corrected chi connectivity index (χ0v) is 8.68. The van der Waals surface area contributed by atoms with Crippen LogP contribution in [0.5, 0.6) is 5.75 Å². The highest BCUT2D eigenvalue weighted by Gasteiger charge is 2.37. The topological polar surface area (TPSA) is 35.5 Å². The van der Waals surface area contributed by atoms with E-state index in [-0.39, 0.29) is 12.7 Å². The first kappa shape index (κ1) is 10.2. The summed E-state index contributed by atoms with van der Waals surface area (Å²) in [5.41, 5.74) is 1.22. The van der Waals surface area contributed by atoms with Crippen LogP contribution in [0.15, 0.2) is 24.3 Å². The van der Waals surface area contributed by atoms with E-state index in [2.05, 4.69) is 0 Å². The van der Waals surface area contributed by atoms with Crippen LogP contribution in [-0.4, -0.2) is 20.2 Å². The van der Waals surface area contributed by atoms with Gasteiger partial charge in [-0.2, -0.15) is 0 Å². The molecule has 2 atom stereocenters. The summed E-state index contributed by atoms with van der Waals surface area (Å²) >= 11 is 0. The van der Waals surface area contributed by atoms with Crippen molar-refractivity contribution in [3.05, 3.63) is 29.8 Å². The summed E-state index contributed by atoms with van der Waals surface area (Å²) in [6.07, 6.45) is 2.03. The molecule has 1 aromatic carbocycles. The van der Waals surface area contributed by atoms with Gasteiger partial charge in [0, 0.05) is 13.0 Å². The van der Waals surface area contributed by atoms with Crippen molar-refractivity contribution in [2.45, 2.75) is 12.3 Å². The number of carbonyl (C=O) groups excluding carboxylic acids is 1. The maximum atomic E-state index is 10.5. The third kappa shape index (κ3) is 2.36. The van der Waals surface area contributed by atoms with E-state index in [0.29, 0.717) is 5.92 Å². The van der Waals surface area contributed by atoms with Gasteiger partial charge in [0.15, 0.2) is 6.79 Å². The second kappa shape index (κ2) is 4.45. The highest BCUT2D eigenvalue weighted by molar-refractivity contribution is 5.61. The molecule has 0 aromatic heterocycles. The van der Waals surface area contributed by atoms with Crippen LogP contribution in [0.1, 0.15) is 17.9 Å². The summed E-state index contributed by atoms with van der Waals surface area (Å²) in [7, 11) is 1.59. The first-order chi connectivity index (χ1) is 7.35. The van der Waals surface area contributed by atoms with Crippen LogP contribution in [0.4, 0.5) is 0 Å². The number of ether oxygens (including phenoxy) is 2. The number of hydrogen-bond acceptors (Lipinski definition) is 3. The molecule has 0 amide bonds. The van der Waals surface area contributed by atoms with E-state index >= 15 is 0 Å². The maximum Gasteiger partial charge on any atom is 0.188 e. The first-order valence-corrected chi connectivity index (χ1v) is 5.02. The molecule has 1 fully saturated rings. The van der Waals surface area contributed by atoms with Gasteiger partial charge in [-0.1, -0.05) is 12.1 Å². The van der Waals surface area contributed by atoms with Crippen LogP contribution < -0.4 is 4.74 Å². The lowest BCUT2D eigenvalue weighted by Crippen LogP contribution is -1.98. The Kier molecular flexibility index (Phi) is 3.02. The molecule has 0 N–H and O–H groups in total. The van der Waals surface area contributed by atoms with Crippen molar-refractivity contribution in [1.29, 1.82) is 0 Å². The maximum absolute atomic E-state index is 10.5. The van der Waals surface area contributed by atoms with Gasteiger partial charge in [0.1, 0.15) is 12.0 Å². The zero-order chi connectivity index (χ0) is 10.7. The third-order valence-electron chi connectivity index (χ3n) is 2.67. The monoisotopic (exact) mass is 206 g/mol. The lowest BCUT2D eigenvalue weighted by Gasteiger charge is -2.05. The molecule has 0 unspecified atom stereocenters. The van der Waals surface area contributed by atoms with E-state index in [0.717, 1.165) is 18.5 Å². The summed E-state index contributed by atoms with van der Waals surface area (Å²) in [4.78, 5) is 10.5. The minimum Gasteiger partial charge on any atom is -0.468 e. The molecule has 3 heteroatoms. The number of methoxy groups -OCH3 is 1. The number of hydrogen-bond donors (Lipinski definition) is 0. The molecular formula is C12H14O3. The highest BCUT2D eigenvalue weighted by atomic mass is 16.7. The van der Waals surface area contributed by atoms with Crippen molar-refractivity contribution in [3.8, 4) is 5.75 Å². The van der Waals surface area contributed by atoms with Gasteiger partial charge >= 0.3 is 0 Å². The molecular weight excluding hydrogens is 192 g/mol. The lowest BCUT2D eigenvalue weighted by atomic mass is 10.1. The Balaban J connectivity index is 1.95. The largest absolute Gasteiger partial charge is 0.468 e. The van der Waals surface area contributed by atoms with E-state index < -0.39 is 0 Å². The smallest absolute Gasteiger partial charge is 0.188 e. The van der Waals surface area contributed by atoms with Gasteiger partial charge in [-0.25, -0.2) is 0 Å². The molecule has 0 radical (unpaired) electrons. The van der Waals surface area contributed by atoms with Crippen molar-refractivity contribution in [2.24, 2.45) is 5.92 Å². The van der Waals surface area contributed by atoms with E-state index in [1.165, 1.54) is 5.56 Å². The standard InChI is InChI=1S/C12H14O3/c1-14-8-15-11-4-2-9(3-5-11)12-6-10(12)7-13/h2-5,7,10,12H,6,8H2,1H3/t10-,12-/m1/s1. The molecule has 0 saturated heterocycles. The molecule has 0 aliphatic heterocycles. The minimum absolute atomic E-state index is 0.232. The average molecular weight is 206 g/mol. The normalized spacial score (nSPS) is 23.5. The molecule has 15 heavy (non-hydrogen) atoms. The molecule has 1 saturated carbocycles. The van der Waals surface area contributed by atoms with Crippen LogP contribution in [-0.2, 0) is 9.53 Å². The van der Waals surface area contributed by atoms with E-state index in [1.54, 1.807) is 7.11 Å². The van der Waals surface area contributed by atoms with Crippen molar-refractivity contribution in [1.82, 2.24) is 0 Å². The fourth-order valence-electron chi connectivity index (χ4n) is 1.69. The number of rotatable bonds is 5. The van der Waals surface area contributed by atoms with Gasteiger partial charge in [0.2, 0.25) is 0 Å². The number of carbonyl (C=O) groups is 1. The summed E-state index contributed by atoms with van der Waals surface area (Å²) in [5.74, 6) is 1.46. The molecule has 1 aliphatic carbocycles. The fourth-order valence-corrected chi connectivity index (χ4v) is 1.69. The van der Waals surface area contributed by atoms with E-state index in [1.807, 2.05) is 24.3 Å². The Morgan fingerprint density at radius 1 is 1.40 bits per heavy atom. The summed E-state index contributed by atoms with van der Waals surface area (Å²) in [6.45, 7) is 0.264. The minimum atomic E-state index is 0.232. The first-order valence-electron chi connectivity index (χ1n) is 5.02. The third-order valence-corrected chi connectivity index (χ3v) is 2.67. The average Bonchev–Trinajstić information content (AvgIpc) is 3.06. The van der Waals surface area contributed by atoms with Crippen LogP contribution in [0.3, 0.4) is 0 Å². The van der Waals surface area contributed by atoms with E-state index in [4.69, 9.17) is 9.47 Å². The summed E-state index contributed by atoms with van der Waals surface area (Å²) in [6, 6.07) is 7.85. The molecule has 0 spiro atoms. The van der Waals surface area contributed by atoms with Crippen LogP contribution >= 0.6 is 0 Å². The predicted octanol–water partition coefficient (Wildman–Crippen LogP) is 1.97. The Morgan fingerprint density at radius 3 is 2.67 bits per heavy atom. The molecule has 1 aromatic rings. The fraction of sp³-hybridized carbons (Fsp3) is 0.417. The van der Waals surface area contributed by atoms with E-state index in [9.17, 15) is 4.79 Å². The van der Waals surface area contributed by atoms with Crippen LogP contribution in [0, 0.1) is 5.92 Å². The van der Waals surface area contributed by atoms with Crippen LogP contribution in [0.2, 0.25) is 0 Å². The van der Waals surface area contributed by atoms with Gasteiger partial charge in [0.05, 0.1) is 0 Å². The Morgan fingerprint density at radius 2 is 2.13 bits per heavy atom. The molecule has 1 aliphatic rings. The molecule has 2 rings (SSSR count). The Bertz CT molecular complexity index is 331. The number of aldehydes is 1. The van der Waals surface area contributed by atoms with Gasteiger partial charge in [-0.05, 0) is 30.0 Å². The Hall–Kier alpha value is -1.35. The van der Waals surface area contributed by atoms with Gasteiger partial charge < -0.3 is 14.3 Å². The molecule has 80 valence electrons. The van der Waals surface area contributed by atoms with Crippen molar-refractivity contribution >= 4 is 6.29 Å². The van der Waals surface area contributed by atoms with Crippen molar-refractivity contribution in [2.75, 3.05) is 13.9 Å². The highest BCUT2D eigenvalue weighted by Crippen LogP contribution is 2.46. The number of benzene rings is 1. The van der Waals surface area contributed by atoms with Gasteiger partial charge in [-0.15, -0.1) is 0 Å². The summed E-state index contributed by atoms with van der Waals surface area (Å²) < 4.78 is 10.1. The van der Waals surface area contributed by atoms with Crippen molar-refractivity contribution < 1.29 is 14.3 Å². The predicted molar refractivity (Wildman–Crippen MR) is 55.9 cm³/mol.